The van der Waals surface area contributed by atoms with Crippen molar-refractivity contribution in [1.29, 1.82) is 0 Å². The molecule has 0 fully saturated rings. The molecule has 2 heterocycles. The van der Waals surface area contributed by atoms with Gasteiger partial charge in [-0.2, -0.15) is 0 Å². The summed E-state index contributed by atoms with van der Waals surface area (Å²) in [6.07, 6.45) is 2.29. The maximum Gasteiger partial charge on any atom is 0.154 e. The van der Waals surface area contributed by atoms with E-state index in [1.807, 2.05) is 38.1 Å². The molecule has 162 valence electrons. The summed E-state index contributed by atoms with van der Waals surface area (Å²) in [6, 6.07) is 10.9. The number of anilines is 2. The van der Waals surface area contributed by atoms with Crippen molar-refractivity contribution in [2.45, 2.75) is 33.2 Å². The van der Waals surface area contributed by atoms with E-state index >= 15 is 0 Å². The number of benzene rings is 2. The number of halogens is 1. The zero-order valence-corrected chi connectivity index (χ0v) is 18.7. The van der Waals surface area contributed by atoms with E-state index in [2.05, 4.69) is 10.3 Å². The molecule has 0 saturated heterocycles. The van der Waals surface area contributed by atoms with Crippen LogP contribution in [0.5, 0.6) is 0 Å². The first-order valence-electron chi connectivity index (χ1n) is 10.3. The van der Waals surface area contributed by atoms with E-state index in [9.17, 15) is 12.8 Å². The first kappa shape index (κ1) is 21.3. The summed E-state index contributed by atoms with van der Waals surface area (Å²) in [5.41, 5.74) is 12.0. The van der Waals surface area contributed by atoms with Gasteiger partial charge in [-0.25, -0.2) is 12.8 Å². The van der Waals surface area contributed by atoms with E-state index in [1.54, 1.807) is 25.1 Å². The molecule has 0 aliphatic carbocycles. The summed E-state index contributed by atoms with van der Waals surface area (Å²) in [5, 5.41) is 4.34. The summed E-state index contributed by atoms with van der Waals surface area (Å²) < 4.78 is 38.3. The molecule has 5 nitrogen and oxygen atoms in total. The molecule has 1 aliphatic heterocycles. The van der Waals surface area contributed by atoms with Crippen molar-refractivity contribution in [3.05, 3.63) is 70.7 Å². The third-order valence-electron chi connectivity index (χ3n) is 5.72. The number of nitrogen functional groups attached to an aromatic ring is 1. The Morgan fingerprint density at radius 3 is 2.65 bits per heavy atom. The molecule has 31 heavy (non-hydrogen) atoms. The molecule has 0 spiro atoms. The number of hydrogen-bond acceptors (Lipinski definition) is 5. The van der Waals surface area contributed by atoms with Crippen molar-refractivity contribution < 1.29 is 12.8 Å². The molecular weight excluding hydrogens is 413 g/mol. The minimum Gasteiger partial charge on any atom is -0.399 e. The van der Waals surface area contributed by atoms with E-state index in [4.69, 9.17) is 5.73 Å². The van der Waals surface area contributed by atoms with Crippen LogP contribution in [0.1, 0.15) is 41.8 Å². The van der Waals surface area contributed by atoms with Gasteiger partial charge in [0.2, 0.25) is 0 Å². The second-order valence-corrected chi connectivity index (χ2v) is 10.5. The van der Waals surface area contributed by atoms with E-state index in [0.29, 0.717) is 23.2 Å². The molecule has 0 amide bonds. The van der Waals surface area contributed by atoms with E-state index in [1.165, 1.54) is 0 Å². The number of hydrogen-bond donors (Lipinski definition) is 2. The molecule has 4 rings (SSSR count). The van der Waals surface area contributed by atoms with Gasteiger partial charge in [0.15, 0.2) is 9.84 Å². The molecule has 2 aromatic carbocycles. The number of rotatable bonds is 4. The average molecular weight is 440 g/mol. The van der Waals surface area contributed by atoms with Gasteiger partial charge in [0.1, 0.15) is 5.82 Å². The van der Waals surface area contributed by atoms with Gasteiger partial charge in [-0.1, -0.05) is 12.1 Å². The lowest BCUT2D eigenvalue weighted by atomic mass is 9.99. The highest BCUT2D eigenvalue weighted by molar-refractivity contribution is 7.91. The maximum atomic E-state index is 14.7. The third-order valence-corrected chi connectivity index (χ3v) is 7.22. The van der Waals surface area contributed by atoms with Crippen molar-refractivity contribution in [3.8, 4) is 0 Å². The normalized spacial score (nSPS) is 16.7. The summed E-state index contributed by atoms with van der Waals surface area (Å²) in [4.78, 5) is 4.62. The van der Waals surface area contributed by atoms with Gasteiger partial charge < -0.3 is 11.1 Å². The highest BCUT2D eigenvalue weighted by Gasteiger charge is 2.19. The second kappa shape index (κ2) is 7.96. The zero-order chi connectivity index (χ0) is 22.3. The molecular formula is C24H26FN3O2S. The van der Waals surface area contributed by atoms with Crippen molar-refractivity contribution in [2.24, 2.45) is 0 Å². The first-order valence-corrected chi connectivity index (χ1v) is 12.1. The quantitative estimate of drug-likeness (QED) is 0.562. The predicted octanol–water partition coefficient (Wildman–Crippen LogP) is 4.95. The van der Waals surface area contributed by atoms with Crippen LogP contribution in [0.4, 0.5) is 15.8 Å². The lowest BCUT2D eigenvalue weighted by Crippen LogP contribution is -2.15. The van der Waals surface area contributed by atoms with Gasteiger partial charge in [0.05, 0.1) is 23.1 Å². The monoisotopic (exact) mass is 439 g/mol. The SMILES string of the molecule is Cc1cc(NC(C)c2cc(N)cc(C)c2F)c2cc(C3=CCS(=O)(=O)CC3)ccc2n1. The topological polar surface area (TPSA) is 85.1 Å². The Bertz CT molecular complexity index is 1320. The molecule has 1 aliphatic rings. The molecule has 0 radical (unpaired) electrons. The fourth-order valence-electron chi connectivity index (χ4n) is 4.07. The zero-order valence-electron chi connectivity index (χ0n) is 17.9. The molecule has 1 atom stereocenters. The van der Waals surface area contributed by atoms with E-state index in [-0.39, 0.29) is 23.4 Å². The summed E-state index contributed by atoms with van der Waals surface area (Å²) in [7, 11) is -2.98. The highest BCUT2D eigenvalue weighted by Crippen LogP contribution is 2.33. The standard InChI is InChI=1S/C24H26FN3O2S/c1-14-10-19(26)13-20(24(14)25)16(3)28-23-11-15(2)27-22-5-4-18(12-21(22)23)17-6-8-31(29,30)9-7-17/h4-6,10-13,16H,7-9,26H2,1-3H3,(H,27,28). The number of nitrogens with one attached hydrogen (secondary N) is 1. The van der Waals surface area contributed by atoms with Crippen LogP contribution in [0.25, 0.3) is 16.5 Å². The summed E-state index contributed by atoms with van der Waals surface area (Å²) in [5.74, 6) is -0.0272. The number of aromatic nitrogens is 1. The minimum absolute atomic E-state index is 0.0721. The minimum atomic E-state index is -2.98. The maximum absolute atomic E-state index is 14.7. The van der Waals surface area contributed by atoms with Crippen LogP contribution in [0.3, 0.4) is 0 Å². The van der Waals surface area contributed by atoms with Gasteiger partial charge in [0, 0.05) is 28.0 Å². The first-order chi connectivity index (χ1) is 14.6. The van der Waals surface area contributed by atoms with Crippen LogP contribution in [0.2, 0.25) is 0 Å². The number of aryl methyl sites for hydroxylation is 2. The largest absolute Gasteiger partial charge is 0.399 e. The second-order valence-electron chi connectivity index (χ2n) is 8.24. The van der Waals surface area contributed by atoms with Crippen molar-refractivity contribution in [3.63, 3.8) is 0 Å². The number of fused-ring (bicyclic) bond motifs is 1. The van der Waals surface area contributed by atoms with E-state index in [0.717, 1.165) is 33.4 Å². The molecule has 3 N–H and O–H groups in total. The Hall–Kier alpha value is -2.93. The Kier molecular flexibility index (Phi) is 5.47. The van der Waals surface area contributed by atoms with Crippen molar-refractivity contribution in [2.75, 3.05) is 22.6 Å². The lowest BCUT2D eigenvalue weighted by Gasteiger charge is -2.20. The molecule has 0 saturated carbocycles. The lowest BCUT2D eigenvalue weighted by molar-refractivity contribution is 0.592. The predicted molar refractivity (Wildman–Crippen MR) is 125 cm³/mol. The molecule has 7 heteroatoms. The number of allylic oxidation sites excluding steroid dienone is 1. The van der Waals surface area contributed by atoms with Gasteiger partial charge in [0.25, 0.3) is 0 Å². The Labute approximate surface area is 182 Å². The Morgan fingerprint density at radius 2 is 1.94 bits per heavy atom. The van der Waals surface area contributed by atoms with Gasteiger partial charge in [-0.05, 0) is 74.2 Å². The number of pyridine rings is 1. The average Bonchev–Trinajstić information content (AvgIpc) is 2.70. The molecule has 0 bridgehead atoms. The molecule has 1 aromatic heterocycles. The highest BCUT2D eigenvalue weighted by atomic mass is 32.2. The van der Waals surface area contributed by atoms with Crippen LogP contribution in [-0.4, -0.2) is 24.9 Å². The number of nitrogens with zero attached hydrogens (tertiary/aromatic N) is 1. The van der Waals surface area contributed by atoms with E-state index < -0.39 is 9.84 Å². The fourth-order valence-corrected chi connectivity index (χ4v) is 5.22. The Morgan fingerprint density at radius 1 is 1.16 bits per heavy atom. The number of nitrogens with two attached hydrogens (primary N) is 1. The molecule has 1 unspecified atom stereocenters. The Balaban J connectivity index is 1.74. The van der Waals surface area contributed by atoms with Crippen LogP contribution >= 0.6 is 0 Å². The summed E-state index contributed by atoms with van der Waals surface area (Å²) >= 11 is 0. The van der Waals surface area contributed by atoms with Crippen LogP contribution in [0, 0.1) is 19.7 Å². The van der Waals surface area contributed by atoms with Crippen LogP contribution in [-0.2, 0) is 9.84 Å². The fraction of sp³-hybridized carbons (Fsp3) is 0.292. The van der Waals surface area contributed by atoms with Crippen molar-refractivity contribution in [1.82, 2.24) is 4.98 Å². The van der Waals surface area contributed by atoms with Gasteiger partial charge >= 0.3 is 0 Å². The van der Waals surface area contributed by atoms with Gasteiger partial charge in [-0.3, -0.25) is 4.98 Å². The van der Waals surface area contributed by atoms with Crippen LogP contribution < -0.4 is 11.1 Å². The van der Waals surface area contributed by atoms with Gasteiger partial charge in [-0.15, -0.1) is 0 Å². The van der Waals surface area contributed by atoms with Crippen molar-refractivity contribution >= 4 is 37.7 Å². The smallest absolute Gasteiger partial charge is 0.154 e. The van der Waals surface area contributed by atoms with Crippen LogP contribution in [0.15, 0.2) is 42.5 Å². The molecule has 3 aromatic rings. The number of sulfone groups is 1. The third kappa shape index (κ3) is 4.42. The summed E-state index contributed by atoms with van der Waals surface area (Å²) in [6.45, 7) is 5.53.